The van der Waals surface area contributed by atoms with Crippen molar-refractivity contribution < 1.29 is 23.8 Å². The van der Waals surface area contributed by atoms with Crippen molar-refractivity contribution in [3.8, 4) is 5.75 Å². The number of carbonyl (C=O) groups is 2. The van der Waals surface area contributed by atoms with E-state index in [1.54, 1.807) is 6.07 Å². The van der Waals surface area contributed by atoms with E-state index in [2.05, 4.69) is 10.6 Å². The molecule has 0 bridgehead atoms. The average Bonchev–Trinajstić information content (AvgIpc) is 2.51. The molecule has 1 amide bonds. The quantitative estimate of drug-likeness (QED) is 0.566. The molecular formula is C16H23FN2O4. The Kier molecular flexibility index (Phi) is 8.04. The van der Waals surface area contributed by atoms with E-state index in [1.807, 2.05) is 13.8 Å². The van der Waals surface area contributed by atoms with E-state index in [-0.39, 0.29) is 37.3 Å². The number of halogens is 1. The maximum Gasteiger partial charge on any atom is 0.320 e. The Morgan fingerprint density at radius 1 is 1.39 bits per heavy atom. The lowest BCUT2D eigenvalue weighted by Crippen LogP contribution is -2.46. The molecule has 0 aromatic heterocycles. The molecule has 0 aliphatic carbocycles. The molecule has 0 spiro atoms. The van der Waals surface area contributed by atoms with Gasteiger partial charge in [-0.1, -0.05) is 26.3 Å². The van der Waals surface area contributed by atoms with Gasteiger partial charge < -0.3 is 15.2 Å². The normalized spacial score (nSPS) is 13.2. The van der Waals surface area contributed by atoms with Gasteiger partial charge in [-0.25, -0.2) is 4.39 Å². The van der Waals surface area contributed by atoms with Gasteiger partial charge in [0, 0.05) is 6.07 Å². The average molecular weight is 326 g/mol. The van der Waals surface area contributed by atoms with Gasteiger partial charge >= 0.3 is 5.97 Å². The highest BCUT2D eigenvalue weighted by Gasteiger charge is 2.23. The molecule has 1 rings (SSSR count). The number of rotatable bonds is 10. The van der Waals surface area contributed by atoms with Crippen LogP contribution in [0.4, 0.5) is 4.39 Å². The molecule has 0 saturated carbocycles. The van der Waals surface area contributed by atoms with Gasteiger partial charge in [-0.2, -0.15) is 0 Å². The molecule has 0 aliphatic rings. The zero-order chi connectivity index (χ0) is 17.2. The minimum absolute atomic E-state index is 0.0726. The third-order valence-corrected chi connectivity index (χ3v) is 3.45. The summed E-state index contributed by atoms with van der Waals surface area (Å²) in [5, 5.41) is 14.4. The van der Waals surface area contributed by atoms with E-state index in [9.17, 15) is 14.0 Å². The Balaban J connectivity index is 2.25. The van der Waals surface area contributed by atoms with Crippen LogP contribution in [0.25, 0.3) is 0 Å². The van der Waals surface area contributed by atoms with Crippen molar-refractivity contribution in [1.82, 2.24) is 10.6 Å². The molecule has 2 atom stereocenters. The Hall–Kier alpha value is -2.15. The molecular weight excluding hydrogens is 303 g/mol. The predicted octanol–water partition coefficient (Wildman–Crippen LogP) is 1.41. The van der Waals surface area contributed by atoms with Crippen LogP contribution in [0.5, 0.6) is 5.75 Å². The lowest BCUT2D eigenvalue weighted by atomic mass is 9.99. The van der Waals surface area contributed by atoms with Crippen LogP contribution in [0.1, 0.15) is 20.3 Å². The van der Waals surface area contributed by atoms with E-state index in [4.69, 9.17) is 9.84 Å². The van der Waals surface area contributed by atoms with Gasteiger partial charge in [-0.15, -0.1) is 0 Å². The third kappa shape index (κ3) is 7.10. The van der Waals surface area contributed by atoms with Crippen LogP contribution < -0.4 is 15.4 Å². The summed E-state index contributed by atoms with van der Waals surface area (Å²) < 4.78 is 18.2. The number of carboxylic acids is 1. The SMILES string of the molecule is CC[C@H](C)[C@H](NCC(=O)NCCOc1cccc(F)c1)C(=O)O. The van der Waals surface area contributed by atoms with Gasteiger partial charge in [0.1, 0.15) is 24.2 Å². The summed E-state index contributed by atoms with van der Waals surface area (Å²) in [6, 6.07) is 4.97. The zero-order valence-electron chi connectivity index (χ0n) is 13.3. The number of amides is 1. The fourth-order valence-electron chi connectivity index (χ4n) is 1.95. The van der Waals surface area contributed by atoms with Crippen LogP contribution >= 0.6 is 0 Å². The second-order valence-corrected chi connectivity index (χ2v) is 5.24. The molecule has 0 heterocycles. The highest BCUT2D eigenvalue weighted by molar-refractivity contribution is 5.79. The third-order valence-electron chi connectivity index (χ3n) is 3.45. The van der Waals surface area contributed by atoms with Gasteiger partial charge in [0.2, 0.25) is 5.91 Å². The minimum atomic E-state index is -0.971. The number of ether oxygens (including phenoxy) is 1. The first-order chi connectivity index (χ1) is 10.9. The zero-order valence-corrected chi connectivity index (χ0v) is 13.3. The first-order valence-electron chi connectivity index (χ1n) is 7.55. The minimum Gasteiger partial charge on any atom is -0.492 e. The molecule has 0 radical (unpaired) electrons. The number of aliphatic carboxylic acids is 1. The Labute approximate surface area is 135 Å². The molecule has 0 saturated heterocycles. The number of hydrogen-bond acceptors (Lipinski definition) is 4. The molecule has 6 nitrogen and oxygen atoms in total. The van der Waals surface area contributed by atoms with Gasteiger partial charge in [0.15, 0.2) is 0 Å². The molecule has 0 fully saturated rings. The van der Waals surface area contributed by atoms with E-state index in [0.717, 1.165) is 0 Å². The first kappa shape index (κ1) is 18.9. The molecule has 0 unspecified atom stereocenters. The summed E-state index contributed by atoms with van der Waals surface area (Å²) in [6.45, 7) is 4.07. The Morgan fingerprint density at radius 2 is 2.13 bits per heavy atom. The van der Waals surface area contributed by atoms with Crippen LogP contribution in [0.3, 0.4) is 0 Å². The topological polar surface area (TPSA) is 87.7 Å². The maximum absolute atomic E-state index is 12.9. The number of nitrogens with one attached hydrogen (secondary N) is 2. The van der Waals surface area contributed by atoms with E-state index >= 15 is 0 Å². The van der Waals surface area contributed by atoms with E-state index in [0.29, 0.717) is 12.2 Å². The summed E-state index contributed by atoms with van der Waals surface area (Å²) in [6.07, 6.45) is 0.701. The molecule has 0 aliphatic heterocycles. The molecule has 23 heavy (non-hydrogen) atoms. The van der Waals surface area contributed by atoms with E-state index in [1.165, 1.54) is 18.2 Å². The first-order valence-corrected chi connectivity index (χ1v) is 7.55. The van der Waals surface area contributed by atoms with Crippen LogP contribution in [-0.2, 0) is 9.59 Å². The fraction of sp³-hybridized carbons (Fsp3) is 0.500. The van der Waals surface area contributed by atoms with Crippen molar-refractivity contribution in [3.05, 3.63) is 30.1 Å². The second-order valence-electron chi connectivity index (χ2n) is 5.24. The fourth-order valence-corrected chi connectivity index (χ4v) is 1.95. The van der Waals surface area contributed by atoms with Crippen molar-refractivity contribution in [2.75, 3.05) is 19.7 Å². The molecule has 3 N–H and O–H groups in total. The highest BCUT2D eigenvalue weighted by atomic mass is 19.1. The summed E-state index contributed by atoms with van der Waals surface area (Å²) in [5.74, 6) is -1.36. The lowest BCUT2D eigenvalue weighted by molar-refractivity contribution is -0.140. The summed E-state index contributed by atoms with van der Waals surface area (Å²) in [4.78, 5) is 22.8. The smallest absolute Gasteiger partial charge is 0.320 e. The van der Waals surface area contributed by atoms with Crippen molar-refractivity contribution in [1.29, 1.82) is 0 Å². The number of hydrogen-bond donors (Lipinski definition) is 3. The Morgan fingerprint density at radius 3 is 2.74 bits per heavy atom. The highest BCUT2D eigenvalue weighted by Crippen LogP contribution is 2.11. The van der Waals surface area contributed by atoms with Gasteiger partial charge in [-0.05, 0) is 18.1 Å². The number of carboxylic acid groups (broad SMARTS) is 1. The number of benzene rings is 1. The van der Waals surface area contributed by atoms with Crippen molar-refractivity contribution in [2.45, 2.75) is 26.3 Å². The van der Waals surface area contributed by atoms with Crippen molar-refractivity contribution in [3.63, 3.8) is 0 Å². The molecule has 7 heteroatoms. The summed E-state index contributed by atoms with van der Waals surface area (Å²) in [7, 11) is 0. The van der Waals surface area contributed by atoms with Crippen molar-refractivity contribution in [2.24, 2.45) is 5.92 Å². The number of carbonyl (C=O) groups excluding carboxylic acids is 1. The van der Waals surface area contributed by atoms with Crippen LogP contribution in [0.2, 0.25) is 0 Å². The molecule has 1 aromatic carbocycles. The molecule has 1 aromatic rings. The largest absolute Gasteiger partial charge is 0.492 e. The Bertz CT molecular complexity index is 525. The second kappa shape index (κ2) is 9.78. The van der Waals surface area contributed by atoms with Gasteiger partial charge in [-0.3, -0.25) is 14.9 Å². The summed E-state index contributed by atoms with van der Waals surface area (Å²) in [5.41, 5.74) is 0. The van der Waals surface area contributed by atoms with Crippen LogP contribution in [-0.4, -0.2) is 42.7 Å². The van der Waals surface area contributed by atoms with Crippen LogP contribution in [0, 0.1) is 11.7 Å². The van der Waals surface area contributed by atoms with E-state index < -0.39 is 12.0 Å². The predicted molar refractivity (Wildman–Crippen MR) is 83.8 cm³/mol. The summed E-state index contributed by atoms with van der Waals surface area (Å²) >= 11 is 0. The lowest BCUT2D eigenvalue weighted by Gasteiger charge is -2.19. The van der Waals surface area contributed by atoms with Crippen molar-refractivity contribution >= 4 is 11.9 Å². The molecule has 128 valence electrons. The van der Waals surface area contributed by atoms with Gasteiger partial charge in [0.25, 0.3) is 0 Å². The maximum atomic E-state index is 12.9. The monoisotopic (exact) mass is 326 g/mol. The van der Waals surface area contributed by atoms with Crippen LogP contribution in [0.15, 0.2) is 24.3 Å². The standard InChI is InChI=1S/C16H23FN2O4/c1-3-11(2)15(16(21)22)19-10-14(20)18-7-8-23-13-6-4-5-12(17)9-13/h4-6,9,11,15,19H,3,7-8,10H2,1-2H3,(H,18,20)(H,21,22)/t11-,15-/m0/s1. The van der Waals surface area contributed by atoms with Gasteiger partial charge in [0.05, 0.1) is 13.1 Å².